The third-order valence-corrected chi connectivity index (χ3v) is 6.22. The lowest BCUT2D eigenvalue weighted by molar-refractivity contribution is 0.250. The van der Waals surface area contributed by atoms with E-state index in [0.717, 1.165) is 67.1 Å². The van der Waals surface area contributed by atoms with Crippen LogP contribution in [0.15, 0.2) is 51.7 Å². The molecule has 0 atom stereocenters. The van der Waals surface area contributed by atoms with Gasteiger partial charge in [0.2, 0.25) is 0 Å². The van der Waals surface area contributed by atoms with Gasteiger partial charge in [-0.3, -0.25) is 4.90 Å². The summed E-state index contributed by atoms with van der Waals surface area (Å²) in [5.74, 6) is 0. The Labute approximate surface area is 169 Å². The molecule has 0 amide bonds. The lowest BCUT2D eigenvalue weighted by Crippen LogP contribution is -2.46. The normalized spacial score (nSPS) is 17.2. The van der Waals surface area contributed by atoms with Crippen LogP contribution in [0.5, 0.6) is 0 Å². The third-order valence-electron chi connectivity index (χ3n) is 5.98. The first-order chi connectivity index (χ1) is 13.7. The quantitative estimate of drug-likeness (QED) is 0.622. The summed E-state index contributed by atoms with van der Waals surface area (Å²) in [5, 5.41) is 1.87. The standard InChI is InChI=1S/C23H23ClN2O2/c24-19-5-2-6-20(14-19)26-9-7-25(8-10-26)15-18-13-23(27)28-22-12-17-4-1-3-16(17)11-21(18)22/h2,5-6,11-14H,1,3-4,7-10,15H2. The molecule has 0 saturated carbocycles. The number of rotatable bonds is 3. The van der Waals surface area contributed by atoms with Crippen LogP contribution in [0.4, 0.5) is 5.69 Å². The molecule has 28 heavy (non-hydrogen) atoms. The Balaban J connectivity index is 1.36. The van der Waals surface area contributed by atoms with E-state index in [9.17, 15) is 4.79 Å². The van der Waals surface area contributed by atoms with E-state index >= 15 is 0 Å². The molecular formula is C23H23ClN2O2. The van der Waals surface area contributed by atoms with Crippen molar-refractivity contribution in [1.29, 1.82) is 0 Å². The lowest BCUT2D eigenvalue weighted by Gasteiger charge is -2.36. The van der Waals surface area contributed by atoms with Gasteiger partial charge in [-0.2, -0.15) is 0 Å². The van der Waals surface area contributed by atoms with Gasteiger partial charge in [0.25, 0.3) is 0 Å². The van der Waals surface area contributed by atoms with Crippen molar-refractivity contribution in [3.05, 3.63) is 74.6 Å². The highest BCUT2D eigenvalue weighted by Gasteiger charge is 2.20. The number of piperazine rings is 1. The predicted molar refractivity (Wildman–Crippen MR) is 113 cm³/mol. The van der Waals surface area contributed by atoms with Gasteiger partial charge in [0.05, 0.1) is 0 Å². The first-order valence-corrected chi connectivity index (χ1v) is 10.3. The molecule has 1 aliphatic carbocycles. The maximum Gasteiger partial charge on any atom is 0.336 e. The molecule has 1 aromatic heterocycles. The Morgan fingerprint density at radius 2 is 1.75 bits per heavy atom. The predicted octanol–water partition coefficient (Wildman–Crippen LogP) is 4.26. The Hall–Kier alpha value is -2.30. The summed E-state index contributed by atoms with van der Waals surface area (Å²) in [6.07, 6.45) is 3.41. The summed E-state index contributed by atoms with van der Waals surface area (Å²) in [4.78, 5) is 16.9. The topological polar surface area (TPSA) is 36.7 Å². The van der Waals surface area contributed by atoms with Crippen molar-refractivity contribution in [3.63, 3.8) is 0 Å². The first-order valence-electron chi connectivity index (χ1n) is 9.97. The summed E-state index contributed by atoms with van der Waals surface area (Å²) >= 11 is 6.14. The maximum atomic E-state index is 12.1. The molecule has 2 aliphatic rings. The van der Waals surface area contributed by atoms with E-state index in [1.807, 2.05) is 18.2 Å². The van der Waals surface area contributed by atoms with Gasteiger partial charge in [-0.05, 0) is 66.3 Å². The first kappa shape index (κ1) is 17.8. The zero-order valence-electron chi connectivity index (χ0n) is 15.8. The molecule has 1 aliphatic heterocycles. The maximum absolute atomic E-state index is 12.1. The number of aryl methyl sites for hydroxylation is 2. The number of hydrogen-bond donors (Lipinski definition) is 0. The van der Waals surface area contributed by atoms with Crippen molar-refractivity contribution in [1.82, 2.24) is 4.90 Å². The highest BCUT2D eigenvalue weighted by Crippen LogP contribution is 2.29. The van der Waals surface area contributed by atoms with Gasteiger partial charge in [0, 0.05) is 54.9 Å². The van der Waals surface area contributed by atoms with Crippen molar-refractivity contribution in [2.45, 2.75) is 25.8 Å². The number of fused-ring (bicyclic) bond motifs is 2. The zero-order chi connectivity index (χ0) is 19.1. The highest BCUT2D eigenvalue weighted by atomic mass is 35.5. The van der Waals surface area contributed by atoms with Gasteiger partial charge in [-0.25, -0.2) is 4.79 Å². The third kappa shape index (κ3) is 3.43. The fraction of sp³-hybridized carbons (Fsp3) is 0.348. The van der Waals surface area contributed by atoms with Gasteiger partial charge in [0.1, 0.15) is 5.58 Å². The van der Waals surface area contributed by atoms with E-state index in [0.29, 0.717) is 0 Å². The Bertz CT molecular complexity index is 1080. The minimum absolute atomic E-state index is 0.252. The molecule has 5 heteroatoms. The average molecular weight is 395 g/mol. The minimum atomic E-state index is -0.252. The van der Waals surface area contributed by atoms with Crippen LogP contribution in [0.25, 0.3) is 11.0 Å². The number of benzene rings is 2. The highest BCUT2D eigenvalue weighted by molar-refractivity contribution is 6.30. The van der Waals surface area contributed by atoms with Crippen LogP contribution in [-0.2, 0) is 19.4 Å². The Morgan fingerprint density at radius 1 is 0.964 bits per heavy atom. The van der Waals surface area contributed by atoms with Gasteiger partial charge in [-0.1, -0.05) is 17.7 Å². The molecular weight excluding hydrogens is 372 g/mol. The molecule has 144 valence electrons. The number of halogens is 1. The van der Waals surface area contributed by atoms with Crippen molar-refractivity contribution >= 4 is 28.3 Å². The molecule has 1 fully saturated rings. The molecule has 0 radical (unpaired) electrons. The lowest BCUT2D eigenvalue weighted by atomic mass is 10.0. The van der Waals surface area contributed by atoms with E-state index in [1.54, 1.807) is 6.07 Å². The minimum Gasteiger partial charge on any atom is -0.423 e. The van der Waals surface area contributed by atoms with Gasteiger partial charge >= 0.3 is 5.63 Å². The van der Waals surface area contributed by atoms with Crippen LogP contribution in [0.3, 0.4) is 0 Å². The molecule has 2 heterocycles. The molecule has 0 unspecified atom stereocenters. The van der Waals surface area contributed by atoms with Crippen LogP contribution in [-0.4, -0.2) is 31.1 Å². The molecule has 0 bridgehead atoms. The van der Waals surface area contributed by atoms with Crippen LogP contribution in [0.1, 0.15) is 23.1 Å². The van der Waals surface area contributed by atoms with Crippen LogP contribution in [0, 0.1) is 0 Å². The van der Waals surface area contributed by atoms with Crippen LogP contribution < -0.4 is 10.5 Å². The molecule has 5 rings (SSSR count). The van der Waals surface area contributed by atoms with Crippen LogP contribution in [0.2, 0.25) is 5.02 Å². The van der Waals surface area contributed by atoms with Crippen molar-refractivity contribution < 1.29 is 4.42 Å². The fourth-order valence-electron chi connectivity index (χ4n) is 4.50. The molecule has 2 aromatic carbocycles. The van der Waals surface area contributed by atoms with Gasteiger partial charge in [-0.15, -0.1) is 0 Å². The number of anilines is 1. The fourth-order valence-corrected chi connectivity index (χ4v) is 4.69. The largest absolute Gasteiger partial charge is 0.423 e. The average Bonchev–Trinajstić information content (AvgIpc) is 3.14. The second-order valence-electron chi connectivity index (χ2n) is 7.80. The zero-order valence-corrected chi connectivity index (χ0v) is 16.5. The van der Waals surface area contributed by atoms with E-state index in [2.05, 4.69) is 28.0 Å². The molecule has 1 saturated heterocycles. The molecule has 0 N–H and O–H groups in total. The van der Waals surface area contributed by atoms with E-state index in [-0.39, 0.29) is 5.63 Å². The Morgan fingerprint density at radius 3 is 2.54 bits per heavy atom. The monoisotopic (exact) mass is 394 g/mol. The van der Waals surface area contributed by atoms with E-state index in [1.165, 1.54) is 23.2 Å². The summed E-state index contributed by atoms with van der Waals surface area (Å²) in [6.45, 7) is 4.60. The van der Waals surface area contributed by atoms with Crippen molar-refractivity contribution in [2.24, 2.45) is 0 Å². The number of hydrogen-bond acceptors (Lipinski definition) is 4. The van der Waals surface area contributed by atoms with Gasteiger partial charge < -0.3 is 9.32 Å². The summed E-state index contributed by atoms with van der Waals surface area (Å²) < 4.78 is 5.51. The summed E-state index contributed by atoms with van der Waals surface area (Å²) in [5.41, 5.74) is 5.49. The van der Waals surface area contributed by atoms with Crippen molar-refractivity contribution in [2.75, 3.05) is 31.1 Å². The van der Waals surface area contributed by atoms with E-state index < -0.39 is 0 Å². The SMILES string of the molecule is O=c1cc(CN2CCN(c3cccc(Cl)c3)CC2)c2cc3c(cc2o1)CCC3. The van der Waals surface area contributed by atoms with Gasteiger partial charge in [0.15, 0.2) is 0 Å². The van der Waals surface area contributed by atoms with Crippen LogP contribution >= 0.6 is 11.6 Å². The Kier molecular flexibility index (Phi) is 4.61. The second kappa shape index (κ2) is 7.26. The summed E-state index contributed by atoms with van der Waals surface area (Å²) in [6, 6.07) is 14.0. The second-order valence-corrected chi connectivity index (χ2v) is 8.24. The summed E-state index contributed by atoms with van der Waals surface area (Å²) in [7, 11) is 0. The van der Waals surface area contributed by atoms with Crippen molar-refractivity contribution in [3.8, 4) is 0 Å². The molecule has 0 spiro atoms. The van der Waals surface area contributed by atoms with E-state index in [4.69, 9.17) is 16.0 Å². The molecule has 3 aromatic rings. The number of nitrogens with zero attached hydrogens (tertiary/aromatic N) is 2. The molecule has 4 nitrogen and oxygen atoms in total. The smallest absolute Gasteiger partial charge is 0.336 e.